The molecule has 18 heavy (non-hydrogen) atoms. The first-order valence-corrected chi connectivity index (χ1v) is 6.50. The third-order valence-corrected chi connectivity index (χ3v) is 2.48. The van der Waals surface area contributed by atoms with Gasteiger partial charge in [-0.15, -0.1) is 0 Å². The molecule has 0 amide bonds. The molecule has 0 aromatic carbocycles. The van der Waals surface area contributed by atoms with Crippen LogP contribution >= 0.6 is 0 Å². The molecule has 0 spiro atoms. The molecule has 0 heterocycles. The molecule has 0 bridgehead atoms. The summed E-state index contributed by atoms with van der Waals surface area (Å²) in [5.41, 5.74) is 0. The minimum Gasteiger partial charge on any atom is -0.384 e. The summed E-state index contributed by atoms with van der Waals surface area (Å²) in [4.78, 5) is 4.22. The number of methoxy groups -OCH3 is 1. The average Bonchev–Trinajstić information content (AvgIpc) is 2.29. The van der Waals surface area contributed by atoms with Crippen LogP contribution in [-0.2, 0) is 14.2 Å². The summed E-state index contributed by atoms with van der Waals surface area (Å²) < 4.78 is 16.4. The minimum atomic E-state index is 0.319. The van der Waals surface area contributed by atoms with Crippen molar-refractivity contribution in [3.05, 3.63) is 0 Å². The predicted molar refractivity (Wildman–Crippen MR) is 74.1 cm³/mol. The molecule has 0 rings (SSSR count). The van der Waals surface area contributed by atoms with E-state index in [4.69, 9.17) is 14.2 Å². The number of hydrogen-bond donors (Lipinski definition) is 0. The lowest BCUT2D eigenvalue weighted by molar-refractivity contribution is 0.000761. The van der Waals surface area contributed by atoms with E-state index in [2.05, 4.69) is 9.80 Å². The molecule has 5 heteroatoms. The first kappa shape index (κ1) is 17.8. The zero-order valence-electron chi connectivity index (χ0n) is 12.6. The first-order valence-electron chi connectivity index (χ1n) is 6.50. The Balaban J connectivity index is 3.58. The van der Waals surface area contributed by atoms with Crippen LogP contribution in [0.3, 0.4) is 0 Å². The largest absolute Gasteiger partial charge is 0.384 e. The van der Waals surface area contributed by atoms with Gasteiger partial charge < -0.3 is 24.0 Å². The number of nitrogens with zero attached hydrogens (tertiary/aromatic N) is 2. The second kappa shape index (κ2) is 11.9. The summed E-state index contributed by atoms with van der Waals surface area (Å²) in [5.74, 6) is 0.319. The standard InChI is InChI=1S/C13H30N2O3/c1-14(2)6-8-17-11-13(10-16-5)12-18-9-7-15(3)4/h13H,6-12H2,1-5H3. The highest BCUT2D eigenvalue weighted by molar-refractivity contribution is 4.56. The molecular formula is C13H30N2O3. The zero-order valence-corrected chi connectivity index (χ0v) is 12.6. The molecule has 0 aromatic heterocycles. The van der Waals surface area contributed by atoms with Crippen molar-refractivity contribution in [1.82, 2.24) is 9.80 Å². The van der Waals surface area contributed by atoms with Crippen molar-refractivity contribution in [2.24, 2.45) is 5.92 Å². The van der Waals surface area contributed by atoms with Gasteiger partial charge in [-0.05, 0) is 28.2 Å². The highest BCUT2D eigenvalue weighted by Crippen LogP contribution is 2.00. The van der Waals surface area contributed by atoms with Crippen LogP contribution in [0.5, 0.6) is 0 Å². The summed E-state index contributed by atoms with van der Waals surface area (Å²) in [6.07, 6.45) is 0. The summed E-state index contributed by atoms with van der Waals surface area (Å²) in [5, 5.41) is 0. The number of ether oxygens (including phenoxy) is 3. The second-order valence-corrected chi connectivity index (χ2v) is 5.08. The van der Waals surface area contributed by atoms with Crippen LogP contribution in [0.4, 0.5) is 0 Å². The highest BCUT2D eigenvalue weighted by atomic mass is 16.5. The van der Waals surface area contributed by atoms with Gasteiger partial charge >= 0.3 is 0 Å². The van der Waals surface area contributed by atoms with Crippen molar-refractivity contribution in [2.45, 2.75) is 0 Å². The molecule has 0 aromatic rings. The van der Waals surface area contributed by atoms with Gasteiger partial charge in [0.15, 0.2) is 0 Å². The third-order valence-electron chi connectivity index (χ3n) is 2.48. The Morgan fingerprint density at radius 1 is 0.778 bits per heavy atom. The Labute approximate surface area is 112 Å². The van der Waals surface area contributed by atoms with Gasteiger partial charge in [0, 0.05) is 26.1 Å². The lowest BCUT2D eigenvalue weighted by Crippen LogP contribution is -2.26. The van der Waals surface area contributed by atoms with Crippen LogP contribution in [0.15, 0.2) is 0 Å². The van der Waals surface area contributed by atoms with Gasteiger partial charge in [-0.3, -0.25) is 0 Å². The van der Waals surface area contributed by atoms with Crippen LogP contribution in [0.25, 0.3) is 0 Å². The fraction of sp³-hybridized carbons (Fsp3) is 1.00. The molecule has 0 atom stereocenters. The van der Waals surface area contributed by atoms with E-state index < -0.39 is 0 Å². The Morgan fingerprint density at radius 3 is 1.56 bits per heavy atom. The van der Waals surface area contributed by atoms with Gasteiger partial charge in [-0.1, -0.05) is 0 Å². The van der Waals surface area contributed by atoms with Crippen LogP contribution in [0.2, 0.25) is 0 Å². The normalized spacial score (nSPS) is 12.0. The smallest absolute Gasteiger partial charge is 0.0593 e. The fourth-order valence-electron chi connectivity index (χ4n) is 1.37. The van der Waals surface area contributed by atoms with Gasteiger partial charge in [0.1, 0.15) is 0 Å². The molecule has 0 N–H and O–H groups in total. The highest BCUT2D eigenvalue weighted by Gasteiger charge is 2.09. The van der Waals surface area contributed by atoms with Gasteiger partial charge in [0.05, 0.1) is 33.0 Å². The van der Waals surface area contributed by atoms with Crippen molar-refractivity contribution in [3.8, 4) is 0 Å². The lowest BCUT2D eigenvalue weighted by atomic mass is 10.2. The SMILES string of the molecule is COCC(COCCN(C)C)COCCN(C)C. The van der Waals surface area contributed by atoms with Gasteiger partial charge in [0.2, 0.25) is 0 Å². The van der Waals surface area contributed by atoms with Crippen molar-refractivity contribution >= 4 is 0 Å². The maximum atomic E-state index is 5.63. The van der Waals surface area contributed by atoms with Gasteiger partial charge in [0.25, 0.3) is 0 Å². The molecular weight excluding hydrogens is 232 g/mol. The molecule has 0 fully saturated rings. The first-order chi connectivity index (χ1) is 8.56. The lowest BCUT2D eigenvalue weighted by Gasteiger charge is -2.18. The minimum absolute atomic E-state index is 0.319. The molecule has 0 aliphatic carbocycles. The second-order valence-electron chi connectivity index (χ2n) is 5.08. The van der Waals surface area contributed by atoms with Crippen molar-refractivity contribution in [1.29, 1.82) is 0 Å². The Kier molecular flexibility index (Phi) is 11.7. The molecule has 5 nitrogen and oxygen atoms in total. The summed E-state index contributed by atoms with van der Waals surface area (Å²) in [7, 11) is 9.88. The van der Waals surface area contributed by atoms with E-state index in [1.165, 1.54) is 0 Å². The maximum absolute atomic E-state index is 5.63. The van der Waals surface area contributed by atoms with E-state index in [0.717, 1.165) is 26.3 Å². The third kappa shape index (κ3) is 12.3. The van der Waals surface area contributed by atoms with Crippen LogP contribution in [-0.4, -0.2) is 91.2 Å². The molecule has 0 radical (unpaired) electrons. The summed E-state index contributed by atoms with van der Waals surface area (Å²) >= 11 is 0. The van der Waals surface area contributed by atoms with Crippen LogP contribution in [0, 0.1) is 5.92 Å². The Hall–Kier alpha value is -0.200. The summed E-state index contributed by atoms with van der Waals surface area (Å²) in [6, 6.07) is 0. The zero-order chi connectivity index (χ0) is 13.8. The van der Waals surface area contributed by atoms with Crippen LogP contribution < -0.4 is 0 Å². The van der Waals surface area contributed by atoms with E-state index in [0.29, 0.717) is 25.7 Å². The van der Waals surface area contributed by atoms with E-state index in [1.807, 2.05) is 28.2 Å². The molecule has 0 aliphatic rings. The van der Waals surface area contributed by atoms with Gasteiger partial charge in [-0.2, -0.15) is 0 Å². The summed E-state index contributed by atoms with van der Waals surface area (Å²) in [6.45, 7) is 5.48. The number of hydrogen-bond acceptors (Lipinski definition) is 5. The van der Waals surface area contributed by atoms with Crippen molar-refractivity contribution in [2.75, 3.05) is 81.4 Å². The van der Waals surface area contributed by atoms with E-state index in [-0.39, 0.29) is 0 Å². The average molecular weight is 262 g/mol. The fourth-order valence-corrected chi connectivity index (χ4v) is 1.37. The van der Waals surface area contributed by atoms with Crippen LogP contribution in [0.1, 0.15) is 0 Å². The molecule has 0 aliphatic heterocycles. The maximum Gasteiger partial charge on any atom is 0.0593 e. The van der Waals surface area contributed by atoms with Gasteiger partial charge in [-0.25, -0.2) is 0 Å². The topological polar surface area (TPSA) is 34.2 Å². The van der Waals surface area contributed by atoms with Crippen molar-refractivity contribution < 1.29 is 14.2 Å². The predicted octanol–water partition coefficient (Wildman–Crippen LogP) is 0.405. The van der Waals surface area contributed by atoms with E-state index in [9.17, 15) is 0 Å². The number of likely N-dealkylation sites (N-methyl/N-ethyl adjacent to an activating group) is 2. The van der Waals surface area contributed by atoms with E-state index >= 15 is 0 Å². The molecule has 0 saturated heterocycles. The quantitative estimate of drug-likeness (QED) is 0.476. The molecule has 0 unspecified atom stereocenters. The Morgan fingerprint density at radius 2 is 1.22 bits per heavy atom. The van der Waals surface area contributed by atoms with E-state index in [1.54, 1.807) is 7.11 Å². The molecule has 110 valence electrons. The van der Waals surface area contributed by atoms with Crippen molar-refractivity contribution in [3.63, 3.8) is 0 Å². The number of rotatable bonds is 12. The monoisotopic (exact) mass is 262 g/mol. The Bertz CT molecular complexity index is 162. The molecule has 0 saturated carbocycles.